The zero-order valence-electron chi connectivity index (χ0n) is 12.6. The third-order valence-corrected chi connectivity index (χ3v) is 3.13. The Hall–Kier alpha value is -2.30. The Morgan fingerprint density at radius 3 is 2.43 bits per heavy atom. The van der Waals surface area contributed by atoms with Crippen LogP contribution in [0.15, 0.2) is 42.1 Å². The highest BCUT2D eigenvalue weighted by Gasteiger charge is 2.19. The molecule has 0 spiro atoms. The molecule has 21 heavy (non-hydrogen) atoms. The van der Waals surface area contributed by atoms with E-state index in [4.69, 9.17) is 9.84 Å². The molecule has 0 radical (unpaired) electrons. The van der Waals surface area contributed by atoms with Gasteiger partial charge in [-0.15, -0.1) is 0 Å². The quantitative estimate of drug-likeness (QED) is 0.788. The van der Waals surface area contributed by atoms with Crippen molar-refractivity contribution in [1.82, 2.24) is 5.32 Å². The van der Waals surface area contributed by atoms with E-state index in [0.717, 1.165) is 12.0 Å². The number of benzene rings is 1. The number of carboxylic acid groups (broad SMARTS) is 1. The fourth-order valence-electron chi connectivity index (χ4n) is 1.51. The second-order valence-corrected chi connectivity index (χ2v) is 5.39. The highest BCUT2D eigenvalue weighted by molar-refractivity contribution is 5.90. The Morgan fingerprint density at radius 2 is 1.90 bits per heavy atom. The van der Waals surface area contributed by atoms with Crippen molar-refractivity contribution in [3.8, 4) is 0 Å². The molecule has 0 unspecified atom stereocenters. The van der Waals surface area contributed by atoms with E-state index in [0.29, 0.717) is 0 Å². The van der Waals surface area contributed by atoms with Crippen LogP contribution in [0.4, 0.5) is 4.79 Å². The molecule has 0 saturated carbocycles. The van der Waals surface area contributed by atoms with Crippen LogP contribution in [0.25, 0.3) is 0 Å². The molecule has 0 fully saturated rings. The molecule has 5 nitrogen and oxygen atoms in total. The number of rotatable bonds is 6. The predicted octanol–water partition coefficient (Wildman–Crippen LogP) is 3.32. The number of allylic oxidation sites excluding steroid dienone is 1. The normalized spacial score (nSPS) is 11.9. The minimum absolute atomic E-state index is 0.0940. The van der Waals surface area contributed by atoms with E-state index < -0.39 is 12.1 Å². The van der Waals surface area contributed by atoms with Crippen molar-refractivity contribution in [3.05, 3.63) is 47.7 Å². The Bertz CT molecular complexity index is 520. The van der Waals surface area contributed by atoms with Gasteiger partial charge in [0.2, 0.25) is 0 Å². The van der Waals surface area contributed by atoms with E-state index in [1.54, 1.807) is 0 Å². The van der Waals surface area contributed by atoms with E-state index in [1.807, 2.05) is 51.1 Å². The second-order valence-electron chi connectivity index (χ2n) is 5.39. The van der Waals surface area contributed by atoms with Crippen LogP contribution in [0.1, 0.15) is 32.8 Å². The summed E-state index contributed by atoms with van der Waals surface area (Å²) in [7, 11) is 0. The summed E-state index contributed by atoms with van der Waals surface area (Å²) in [6.45, 7) is 5.83. The molecule has 1 aromatic carbocycles. The number of carbonyl (C=O) groups is 2. The Labute approximate surface area is 124 Å². The summed E-state index contributed by atoms with van der Waals surface area (Å²) < 4.78 is 5.00. The van der Waals surface area contributed by atoms with E-state index in [9.17, 15) is 9.59 Å². The van der Waals surface area contributed by atoms with Gasteiger partial charge in [0.25, 0.3) is 0 Å². The first-order chi connectivity index (χ1) is 9.84. The van der Waals surface area contributed by atoms with Crippen LogP contribution in [-0.4, -0.2) is 17.2 Å². The van der Waals surface area contributed by atoms with Crippen LogP contribution < -0.4 is 5.32 Å². The molecule has 0 aliphatic rings. The molecule has 0 aromatic heterocycles. The topological polar surface area (TPSA) is 75.6 Å². The molecule has 114 valence electrons. The number of ether oxygens (including phenoxy) is 1. The Kier molecular flexibility index (Phi) is 5.96. The summed E-state index contributed by atoms with van der Waals surface area (Å²) in [6.07, 6.45) is 1.50. The first-order valence-corrected chi connectivity index (χ1v) is 6.78. The van der Waals surface area contributed by atoms with E-state index in [-0.39, 0.29) is 17.7 Å². The van der Waals surface area contributed by atoms with Crippen LogP contribution in [0.3, 0.4) is 0 Å². The van der Waals surface area contributed by atoms with Gasteiger partial charge in [-0.05, 0) is 23.5 Å². The van der Waals surface area contributed by atoms with Gasteiger partial charge in [0.15, 0.2) is 0 Å². The number of hydrogen-bond donors (Lipinski definition) is 2. The summed E-state index contributed by atoms with van der Waals surface area (Å²) in [6, 6.07) is 9.18. The predicted molar refractivity (Wildman–Crippen MR) is 79.6 cm³/mol. The lowest BCUT2D eigenvalue weighted by atomic mass is 9.89. The number of hydrogen-bond acceptors (Lipinski definition) is 3. The van der Waals surface area contributed by atoms with Crippen molar-refractivity contribution in [2.45, 2.75) is 33.8 Å². The summed E-state index contributed by atoms with van der Waals surface area (Å²) in [5.74, 6) is -1.19. The van der Waals surface area contributed by atoms with Gasteiger partial charge >= 0.3 is 12.1 Å². The summed E-state index contributed by atoms with van der Waals surface area (Å²) >= 11 is 0. The fraction of sp³-hybridized carbons (Fsp3) is 0.375. The number of nitrogens with one attached hydrogen (secondary N) is 1. The number of carbonyl (C=O) groups excluding carboxylic acids is 1. The third kappa shape index (κ3) is 6.12. The minimum Gasteiger partial charge on any atom is -0.477 e. The molecule has 0 aliphatic heterocycles. The van der Waals surface area contributed by atoms with Gasteiger partial charge in [0, 0.05) is 0 Å². The monoisotopic (exact) mass is 291 g/mol. The molecule has 0 bridgehead atoms. The average molecular weight is 291 g/mol. The van der Waals surface area contributed by atoms with Gasteiger partial charge in [0.05, 0.1) is 0 Å². The van der Waals surface area contributed by atoms with Gasteiger partial charge in [0.1, 0.15) is 12.3 Å². The smallest absolute Gasteiger partial charge is 0.412 e. The number of aliphatic carboxylic acids is 1. The highest BCUT2D eigenvalue weighted by Crippen LogP contribution is 2.22. The first kappa shape index (κ1) is 16.8. The molecule has 5 heteroatoms. The lowest BCUT2D eigenvalue weighted by Crippen LogP contribution is -2.29. The van der Waals surface area contributed by atoms with Crippen LogP contribution in [0.5, 0.6) is 0 Å². The van der Waals surface area contributed by atoms with Crippen molar-refractivity contribution in [3.63, 3.8) is 0 Å². The number of carboxylic acids is 1. The third-order valence-electron chi connectivity index (χ3n) is 3.13. The van der Waals surface area contributed by atoms with Crippen LogP contribution >= 0.6 is 0 Å². The van der Waals surface area contributed by atoms with Crippen LogP contribution in [-0.2, 0) is 16.1 Å². The lowest BCUT2D eigenvalue weighted by Gasteiger charge is -2.19. The van der Waals surface area contributed by atoms with Gasteiger partial charge < -0.3 is 9.84 Å². The Balaban J connectivity index is 2.64. The summed E-state index contributed by atoms with van der Waals surface area (Å²) in [5.41, 5.74) is 0.350. The number of alkyl carbamates (subject to hydrolysis) is 1. The van der Waals surface area contributed by atoms with Gasteiger partial charge in [-0.2, -0.15) is 0 Å². The molecule has 1 amide bonds. The van der Waals surface area contributed by atoms with Crippen molar-refractivity contribution in [2.75, 3.05) is 0 Å². The molecular formula is C16H21NO4. The molecular weight excluding hydrogens is 270 g/mol. The van der Waals surface area contributed by atoms with E-state index in [2.05, 4.69) is 5.32 Å². The zero-order chi connectivity index (χ0) is 15.9. The van der Waals surface area contributed by atoms with Crippen molar-refractivity contribution >= 4 is 12.1 Å². The largest absolute Gasteiger partial charge is 0.477 e. The second kappa shape index (κ2) is 7.47. The lowest BCUT2D eigenvalue weighted by molar-refractivity contribution is -0.133. The molecule has 0 aliphatic carbocycles. The van der Waals surface area contributed by atoms with Gasteiger partial charge in [-0.25, -0.2) is 9.59 Å². The number of amides is 1. The standard InChI is InChI=1S/C16H21NO4/c1-4-16(2,3)10-13(14(18)19)17-15(20)21-11-12-8-6-5-7-9-12/h5-10H,4,11H2,1-3H3,(H,17,20)(H,18,19)/b13-10+. The SMILES string of the molecule is CCC(C)(C)/C=C(/NC(=O)OCc1ccccc1)C(=O)O. The van der Waals surface area contributed by atoms with Crippen LogP contribution in [0, 0.1) is 5.41 Å². The van der Waals surface area contributed by atoms with E-state index in [1.165, 1.54) is 6.08 Å². The highest BCUT2D eigenvalue weighted by atomic mass is 16.5. The maximum atomic E-state index is 11.7. The maximum Gasteiger partial charge on any atom is 0.412 e. The molecule has 0 heterocycles. The molecule has 2 N–H and O–H groups in total. The van der Waals surface area contributed by atoms with Crippen molar-refractivity contribution in [1.29, 1.82) is 0 Å². The van der Waals surface area contributed by atoms with Crippen LogP contribution in [0.2, 0.25) is 0 Å². The summed E-state index contributed by atoms with van der Waals surface area (Å²) in [5, 5.41) is 11.4. The molecule has 1 rings (SSSR count). The Morgan fingerprint density at radius 1 is 1.29 bits per heavy atom. The van der Waals surface area contributed by atoms with Gasteiger partial charge in [-0.3, -0.25) is 5.32 Å². The average Bonchev–Trinajstić information content (AvgIpc) is 2.45. The molecule has 1 aromatic rings. The fourth-order valence-corrected chi connectivity index (χ4v) is 1.51. The van der Waals surface area contributed by atoms with Crippen molar-refractivity contribution < 1.29 is 19.4 Å². The van der Waals surface area contributed by atoms with Crippen molar-refractivity contribution in [2.24, 2.45) is 5.41 Å². The first-order valence-electron chi connectivity index (χ1n) is 6.78. The van der Waals surface area contributed by atoms with E-state index >= 15 is 0 Å². The molecule has 0 saturated heterocycles. The molecule has 0 atom stereocenters. The zero-order valence-corrected chi connectivity index (χ0v) is 12.6. The maximum absolute atomic E-state index is 11.7. The summed E-state index contributed by atoms with van der Waals surface area (Å²) in [4.78, 5) is 22.8. The minimum atomic E-state index is -1.19. The van der Waals surface area contributed by atoms with Gasteiger partial charge in [-0.1, -0.05) is 51.1 Å².